The van der Waals surface area contributed by atoms with Crippen LogP contribution in [0.1, 0.15) is 51.4 Å². The summed E-state index contributed by atoms with van der Waals surface area (Å²) in [6, 6.07) is 5.23. The Morgan fingerprint density at radius 2 is 1.88 bits per heavy atom. The molecule has 0 spiro atoms. The number of ether oxygens (including phenoxy) is 1. The van der Waals surface area contributed by atoms with E-state index in [1.807, 2.05) is 0 Å². The van der Waals surface area contributed by atoms with Crippen molar-refractivity contribution in [2.75, 3.05) is 0 Å². The molecule has 130 valence electrons. The molecule has 0 unspecified atom stereocenters. The lowest BCUT2D eigenvalue weighted by molar-refractivity contribution is -0.151. The minimum absolute atomic E-state index is 0.0615. The van der Waals surface area contributed by atoms with Crippen LogP contribution in [0.2, 0.25) is 10.0 Å². The van der Waals surface area contributed by atoms with Gasteiger partial charge in [0.15, 0.2) is 5.75 Å². The van der Waals surface area contributed by atoms with Gasteiger partial charge in [0.1, 0.15) is 5.02 Å². The Kier molecular flexibility index (Phi) is 5.36. The number of benzene rings is 1. The van der Waals surface area contributed by atoms with E-state index in [0.29, 0.717) is 17.9 Å². The van der Waals surface area contributed by atoms with Gasteiger partial charge in [-0.2, -0.15) is 0 Å². The molecule has 3 rings (SSSR count). The van der Waals surface area contributed by atoms with Gasteiger partial charge in [-0.15, -0.1) is 0 Å². The van der Waals surface area contributed by atoms with Gasteiger partial charge in [-0.3, -0.25) is 9.59 Å². The summed E-state index contributed by atoms with van der Waals surface area (Å²) in [5, 5.41) is 3.53. The van der Waals surface area contributed by atoms with Crippen LogP contribution in [0.5, 0.6) is 5.75 Å². The van der Waals surface area contributed by atoms with Crippen LogP contribution < -0.4 is 10.1 Å². The Hall–Kier alpha value is -1.26. The highest BCUT2D eigenvalue weighted by molar-refractivity contribution is 6.43. The van der Waals surface area contributed by atoms with Crippen molar-refractivity contribution in [3.05, 3.63) is 28.2 Å². The molecule has 24 heavy (non-hydrogen) atoms. The molecule has 2 fully saturated rings. The molecule has 0 aromatic heterocycles. The summed E-state index contributed by atoms with van der Waals surface area (Å²) in [5.41, 5.74) is -0.761. The van der Waals surface area contributed by atoms with Crippen LogP contribution in [0.25, 0.3) is 0 Å². The Morgan fingerprint density at radius 3 is 2.54 bits per heavy atom. The normalized spacial score (nSPS) is 19.6. The molecule has 2 aliphatic carbocycles. The number of esters is 1. The van der Waals surface area contributed by atoms with Crippen LogP contribution in [0.15, 0.2) is 18.2 Å². The number of carbonyl (C=O) groups excluding carboxylic acids is 2. The number of nitrogens with one attached hydrogen (secondary N) is 1. The van der Waals surface area contributed by atoms with Crippen LogP contribution >= 0.6 is 23.2 Å². The van der Waals surface area contributed by atoms with Gasteiger partial charge in [-0.1, -0.05) is 48.5 Å². The van der Waals surface area contributed by atoms with Crippen molar-refractivity contribution >= 4 is 35.1 Å². The lowest BCUT2D eigenvalue weighted by atomic mass is 9.71. The second-order valence-corrected chi connectivity index (χ2v) is 7.59. The Bertz CT molecular complexity index is 637. The molecule has 0 atom stereocenters. The number of hydrogen-bond donors (Lipinski definition) is 1. The summed E-state index contributed by atoms with van der Waals surface area (Å²) in [7, 11) is 0. The third-order valence-electron chi connectivity index (χ3n) is 4.80. The SMILES string of the molecule is O=C(CC1(C(=O)Oc2cccc(Cl)c2Cl)CCCCC1)NC1CC1. The number of carbonyl (C=O) groups is 2. The van der Waals surface area contributed by atoms with E-state index >= 15 is 0 Å². The first kappa shape index (κ1) is 17.6. The number of rotatable bonds is 5. The van der Waals surface area contributed by atoms with Crippen molar-refractivity contribution in [3.63, 3.8) is 0 Å². The molecule has 4 nitrogen and oxygen atoms in total. The molecule has 0 radical (unpaired) electrons. The fourth-order valence-corrected chi connectivity index (χ4v) is 3.60. The maximum absolute atomic E-state index is 12.9. The standard InChI is InChI=1S/C18H21Cl2NO3/c19-13-5-4-6-14(16(13)20)24-17(23)18(9-2-1-3-10-18)11-15(22)21-12-7-8-12/h4-6,12H,1-3,7-11H2,(H,21,22). The van der Waals surface area contributed by atoms with E-state index < -0.39 is 5.41 Å². The summed E-state index contributed by atoms with van der Waals surface area (Å²) in [5.74, 6) is -0.187. The maximum Gasteiger partial charge on any atom is 0.318 e. The largest absolute Gasteiger partial charge is 0.424 e. The van der Waals surface area contributed by atoms with Gasteiger partial charge in [0.05, 0.1) is 10.4 Å². The zero-order valence-corrected chi connectivity index (χ0v) is 15.0. The van der Waals surface area contributed by atoms with Gasteiger partial charge in [-0.25, -0.2) is 0 Å². The second kappa shape index (κ2) is 7.32. The van der Waals surface area contributed by atoms with Gasteiger partial charge in [-0.05, 0) is 37.8 Å². The predicted molar refractivity (Wildman–Crippen MR) is 93.4 cm³/mol. The first-order chi connectivity index (χ1) is 11.5. The molecule has 6 heteroatoms. The van der Waals surface area contributed by atoms with E-state index in [1.54, 1.807) is 18.2 Å². The molecule has 0 saturated heterocycles. The fraction of sp³-hybridized carbons (Fsp3) is 0.556. The van der Waals surface area contributed by atoms with E-state index in [4.69, 9.17) is 27.9 Å². The van der Waals surface area contributed by atoms with Crippen LogP contribution in [0.4, 0.5) is 0 Å². The Labute approximate surface area is 151 Å². The first-order valence-electron chi connectivity index (χ1n) is 8.46. The quantitative estimate of drug-likeness (QED) is 0.613. The van der Waals surface area contributed by atoms with Crippen molar-refractivity contribution in [2.45, 2.75) is 57.4 Å². The predicted octanol–water partition coefficient (Wildman–Crippen LogP) is 4.52. The third kappa shape index (κ3) is 4.04. The molecule has 2 saturated carbocycles. The molecule has 1 aromatic carbocycles. The molecule has 1 amide bonds. The molecule has 0 bridgehead atoms. The van der Waals surface area contributed by atoms with Crippen LogP contribution in [0, 0.1) is 5.41 Å². The summed E-state index contributed by atoms with van der Waals surface area (Å²) >= 11 is 12.1. The van der Waals surface area contributed by atoms with Crippen LogP contribution in [-0.4, -0.2) is 17.9 Å². The lowest BCUT2D eigenvalue weighted by Gasteiger charge is -2.34. The van der Waals surface area contributed by atoms with Gasteiger partial charge in [0, 0.05) is 12.5 Å². The molecule has 1 aromatic rings. The zero-order chi connectivity index (χ0) is 17.2. The van der Waals surface area contributed by atoms with Crippen LogP contribution in [-0.2, 0) is 9.59 Å². The number of halogens is 2. The third-order valence-corrected chi connectivity index (χ3v) is 5.61. The van der Waals surface area contributed by atoms with Crippen molar-refractivity contribution in [1.82, 2.24) is 5.32 Å². The average Bonchev–Trinajstić information content (AvgIpc) is 3.36. The zero-order valence-electron chi connectivity index (χ0n) is 13.4. The smallest absolute Gasteiger partial charge is 0.318 e. The van der Waals surface area contributed by atoms with Crippen LogP contribution in [0.3, 0.4) is 0 Å². The van der Waals surface area contributed by atoms with E-state index in [-0.39, 0.29) is 35.1 Å². The van der Waals surface area contributed by atoms with Gasteiger partial charge in [0.2, 0.25) is 5.91 Å². The van der Waals surface area contributed by atoms with Crippen molar-refractivity contribution < 1.29 is 14.3 Å². The Morgan fingerprint density at radius 1 is 1.17 bits per heavy atom. The van der Waals surface area contributed by atoms with Gasteiger partial charge < -0.3 is 10.1 Å². The molecular formula is C18H21Cl2NO3. The van der Waals surface area contributed by atoms with Gasteiger partial charge >= 0.3 is 5.97 Å². The van der Waals surface area contributed by atoms with Crippen molar-refractivity contribution in [3.8, 4) is 5.75 Å². The van der Waals surface area contributed by atoms with Crippen molar-refractivity contribution in [2.24, 2.45) is 5.41 Å². The van der Waals surface area contributed by atoms with E-state index in [0.717, 1.165) is 32.1 Å². The summed E-state index contributed by atoms with van der Waals surface area (Å²) in [4.78, 5) is 25.2. The first-order valence-corrected chi connectivity index (χ1v) is 9.21. The highest BCUT2D eigenvalue weighted by Gasteiger charge is 2.43. The summed E-state index contributed by atoms with van der Waals surface area (Å²) < 4.78 is 5.56. The van der Waals surface area contributed by atoms with E-state index in [1.165, 1.54) is 0 Å². The van der Waals surface area contributed by atoms with E-state index in [2.05, 4.69) is 5.32 Å². The minimum atomic E-state index is -0.761. The average molecular weight is 370 g/mol. The number of hydrogen-bond acceptors (Lipinski definition) is 3. The molecular weight excluding hydrogens is 349 g/mol. The summed E-state index contributed by atoms with van der Waals surface area (Å²) in [6.45, 7) is 0. The van der Waals surface area contributed by atoms with Crippen molar-refractivity contribution in [1.29, 1.82) is 0 Å². The second-order valence-electron chi connectivity index (χ2n) is 6.80. The lowest BCUT2D eigenvalue weighted by Crippen LogP contribution is -2.42. The van der Waals surface area contributed by atoms with Gasteiger partial charge in [0.25, 0.3) is 0 Å². The summed E-state index contributed by atoms with van der Waals surface area (Å²) in [6.07, 6.45) is 6.51. The molecule has 1 N–H and O–H groups in total. The molecule has 0 heterocycles. The minimum Gasteiger partial charge on any atom is -0.424 e. The molecule has 0 aliphatic heterocycles. The fourth-order valence-electron chi connectivity index (χ4n) is 3.27. The number of amides is 1. The topological polar surface area (TPSA) is 55.4 Å². The Balaban J connectivity index is 1.75. The monoisotopic (exact) mass is 369 g/mol. The van der Waals surface area contributed by atoms with E-state index in [9.17, 15) is 9.59 Å². The molecule has 2 aliphatic rings. The maximum atomic E-state index is 12.9. The highest BCUT2D eigenvalue weighted by Crippen LogP contribution is 2.42. The highest BCUT2D eigenvalue weighted by atomic mass is 35.5.